The lowest BCUT2D eigenvalue weighted by molar-refractivity contribution is -0.117. The molecule has 2 N–H and O–H groups in total. The van der Waals surface area contributed by atoms with Crippen LogP contribution in [0.3, 0.4) is 0 Å². The molecule has 0 aliphatic heterocycles. The van der Waals surface area contributed by atoms with E-state index in [1.807, 2.05) is 0 Å². The molecule has 6 heteroatoms. The van der Waals surface area contributed by atoms with Gasteiger partial charge in [0.05, 0.1) is 18.7 Å². The Morgan fingerprint density at radius 2 is 2.19 bits per heavy atom. The molecule has 0 atom stereocenters. The highest BCUT2D eigenvalue weighted by molar-refractivity contribution is 7.16. The number of thiophene rings is 1. The van der Waals surface area contributed by atoms with Crippen molar-refractivity contribution in [1.29, 1.82) is 5.26 Å². The van der Waals surface area contributed by atoms with Gasteiger partial charge in [-0.15, -0.1) is 11.3 Å². The lowest BCUT2D eigenvalue weighted by Gasteiger charge is -2.14. The molecule has 0 aromatic carbocycles. The lowest BCUT2D eigenvalue weighted by atomic mass is 10.1. The first-order chi connectivity index (χ1) is 10.2. The van der Waals surface area contributed by atoms with Crippen LogP contribution in [0.4, 0.5) is 5.00 Å². The predicted octanol–water partition coefficient (Wildman–Crippen LogP) is 1.75. The highest BCUT2D eigenvalue weighted by atomic mass is 32.1. The highest BCUT2D eigenvalue weighted by Gasteiger charge is 2.21. The van der Waals surface area contributed by atoms with E-state index >= 15 is 0 Å². The Kier molecular flexibility index (Phi) is 5.74. The maximum Gasteiger partial charge on any atom is 0.239 e. The second-order valence-electron chi connectivity index (χ2n) is 5.39. The van der Waals surface area contributed by atoms with Gasteiger partial charge in [-0.3, -0.25) is 9.69 Å². The molecule has 21 heavy (non-hydrogen) atoms. The third kappa shape index (κ3) is 4.03. The van der Waals surface area contributed by atoms with E-state index < -0.39 is 0 Å². The summed E-state index contributed by atoms with van der Waals surface area (Å²) in [4.78, 5) is 15.0. The number of hydrogen-bond donors (Lipinski definition) is 2. The van der Waals surface area contributed by atoms with Gasteiger partial charge in [-0.2, -0.15) is 5.26 Å². The van der Waals surface area contributed by atoms with Gasteiger partial charge in [0.1, 0.15) is 11.1 Å². The second kappa shape index (κ2) is 7.55. The van der Waals surface area contributed by atoms with E-state index in [4.69, 9.17) is 5.11 Å². The summed E-state index contributed by atoms with van der Waals surface area (Å²) in [6.45, 7) is 0.702. The van der Waals surface area contributed by atoms with Crippen LogP contribution in [0, 0.1) is 11.3 Å². The van der Waals surface area contributed by atoms with Crippen molar-refractivity contribution >= 4 is 22.2 Å². The van der Waals surface area contributed by atoms with Crippen LogP contribution in [0.1, 0.15) is 35.3 Å². The quantitative estimate of drug-likeness (QED) is 0.813. The van der Waals surface area contributed by atoms with Gasteiger partial charge in [0, 0.05) is 11.4 Å². The van der Waals surface area contributed by atoms with Gasteiger partial charge in [-0.05, 0) is 38.3 Å². The summed E-state index contributed by atoms with van der Waals surface area (Å²) < 4.78 is 0. The normalized spacial score (nSPS) is 14.4. The molecule has 1 heterocycles. The molecule has 1 aliphatic carbocycles. The molecule has 2 rings (SSSR count). The van der Waals surface area contributed by atoms with E-state index in [9.17, 15) is 10.1 Å². The molecule has 114 valence electrons. The molecule has 0 unspecified atom stereocenters. The number of aliphatic hydroxyl groups is 1. The largest absolute Gasteiger partial charge is 0.395 e. The third-order valence-electron chi connectivity index (χ3n) is 3.68. The SMILES string of the molecule is CN(CCO)CC(=O)Nc1sc2c(c1C#N)CCCCC2. The number of carbonyl (C=O) groups excluding carboxylic acids is 1. The molecule has 1 aromatic rings. The molecule has 0 saturated carbocycles. The Bertz CT molecular complexity index is 548. The molecule has 1 aromatic heterocycles. The molecule has 0 radical (unpaired) electrons. The molecule has 0 bridgehead atoms. The molecule has 0 spiro atoms. The zero-order valence-corrected chi connectivity index (χ0v) is 13.1. The number of carbonyl (C=O) groups is 1. The van der Waals surface area contributed by atoms with Crippen molar-refractivity contribution in [2.75, 3.05) is 32.1 Å². The lowest BCUT2D eigenvalue weighted by Crippen LogP contribution is -2.32. The topological polar surface area (TPSA) is 76.4 Å². The zero-order valence-electron chi connectivity index (χ0n) is 12.3. The number of amides is 1. The zero-order chi connectivity index (χ0) is 15.2. The number of aryl methyl sites for hydroxylation is 1. The molecular formula is C15H21N3O2S. The first-order valence-corrected chi connectivity index (χ1v) is 8.11. The van der Waals surface area contributed by atoms with Gasteiger partial charge in [0.2, 0.25) is 5.91 Å². The van der Waals surface area contributed by atoms with Crippen molar-refractivity contribution in [2.24, 2.45) is 0 Å². The molecular weight excluding hydrogens is 286 g/mol. The minimum Gasteiger partial charge on any atom is -0.395 e. The minimum atomic E-state index is -0.140. The van der Waals surface area contributed by atoms with Crippen molar-refractivity contribution in [3.05, 3.63) is 16.0 Å². The van der Waals surface area contributed by atoms with Crippen LogP contribution in [0.15, 0.2) is 0 Å². The first-order valence-electron chi connectivity index (χ1n) is 7.29. The van der Waals surface area contributed by atoms with Crippen LogP contribution in [0.2, 0.25) is 0 Å². The molecule has 5 nitrogen and oxygen atoms in total. The summed E-state index contributed by atoms with van der Waals surface area (Å²) in [5, 5.41) is 21.8. The Labute approximate surface area is 129 Å². The number of aliphatic hydroxyl groups excluding tert-OH is 1. The van der Waals surface area contributed by atoms with Crippen LogP contribution < -0.4 is 5.32 Å². The van der Waals surface area contributed by atoms with E-state index in [1.54, 1.807) is 23.3 Å². The average Bonchev–Trinajstić information content (AvgIpc) is 2.59. The van der Waals surface area contributed by atoms with Gasteiger partial charge < -0.3 is 10.4 Å². The number of anilines is 1. The number of hydrogen-bond acceptors (Lipinski definition) is 5. The standard InChI is InChI=1S/C15H21N3O2S/c1-18(7-8-19)10-14(20)17-15-12(9-16)11-5-3-2-4-6-13(11)21-15/h19H,2-8,10H2,1H3,(H,17,20). The summed E-state index contributed by atoms with van der Waals surface area (Å²) in [5.41, 5.74) is 1.79. The number of rotatable bonds is 5. The Balaban J connectivity index is 2.10. The van der Waals surface area contributed by atoms with Crippen LogP contribution in [-0.2, 0) is 17.6 Å². The maximum absolute atomic E-state index is 12.0. The molecule has 1 amide bonds. The van der Waals surface area contributed by atoms with Gasteiger partial charge in [-0.25, -0.2) is 0 Å². The fourth-order valence-corrected chi connectivity index (χ4v) is 3.87. The van der Waals surface area contributed by atoms with Gasteiger partial charge in [0.25, 0.3) is 0 Å². The van der Waals surface area contributed by atoms with Crippen LogP contribution >= 0.6 is 11.3 Å². The number of nitrogens with one attached hydrogen (secondary N) is 1. The molecule has 0 fully saturated rings. The van der Waals surface area contributed by atoms with E-state index in [0.29, 0.717) is 17.1 Å². The summed E-state index contributed by atoms with van der Waals surface area (Å²) in [5.74, 6) is -0.140. The first kappa shape index (κ1) is 16.0. The van der Waals surface area contributed by atoms with Crippen LogP contribution in [-0.4, -0.2) is 42.7 Å². The van der Waals surface area contributed by atoms with Crippen molar-refractivity contribution in [1.82, 2.24) is 4.90 Å². The predicted molar refractivity (Wildman–Crippen MR) is 83.5 cm³/mol. The monoisotopic (exact) mass is 307 g/mol. The Morgan fingerprint density at radius 3 is 2.90 bits per heavy atom. The molecule has 0 saturated heterocycles. The average molecular weight is 307 g/mol. The fraction of sp³-hybridized carbons (Fsp3) is 0.600. The van der Waals surface area contributed by atoms with Gasteiger partial charge >= 0.3 is 0 Å². The van der Waals surface area contributed by atoms with Gasteiger partial charge in [-0.1, -0.05) is 6.42 Å². The van der Waals surface area contributed by atoms with Crippen LogP contribution in [0.25, 0.3) is 0 Å². The summed E-state index contributed by atoms with van der Waals surface area (Å²) in [7, 11) is 1.78. The maximum atomic E-state index is 12.0. The van der Waals surface area contributed by atoms with E-state index in [0.717, 1.165) is 31.2 Å². The number of nitrogens with zero attached hydrogens (tertiary/aromatic N) is 2. The number of likely N-dealkylation sites (N-methyl/N-ethyl adjacent to an activating group) is 1. The van der Waals surface area contributed by atoms with Gasteiger partial charge in [0.15, 0.2) is 0 Å². The van der Waals surface area contributed by atoms with E-state index in [-0.39, 0.29) is 19.1 Å². The van der Waals surface area contributed by atoms with Crippen molar-refractivity contribution in [3.63, 3.8) is 0 Å². The highest BCUT2D eigenvalue weighted by Crippen LogP contribution is 2.36. The van der Waals surface area contributed by atoms with Crippen molar-refractivity contribution < 1.29 is 9.90 Å². The van der Waals surface area contributed by atoms with Crippen LogP contribution in [0.5, 0.6) is 0 Å². The Morgan fingerprint density at radius 1 is 1.43 bits per heavy atom. The second-order valence-corrected chi connectivity index (χ2v) is 6.50. The summed E-state index contributed by atoms with van der Waals surface area (Å²) in [6.07, 6.45) is 5.43. The van der Waals surface area contributed by atoms with Crippen molar-refractivity contribution in [3.8, 4) is 6.07 Å². The smallest absolute Gasteiger partial charge is 0.239 e. The van der Waals surface area contributed by atoms with E-state index in [2.05, 4.69) is 11.4 Å². The fourth-order valence-electron chi connectivity index (χ4n) is 2.61. The number of fused-ring (bicyclic) bond motifs is 1. The molecule has 1 aliphatic rings. The van der Waals surface area contributed by atoms with E-state index in [1.165, 1.54) is 11.3 Å². The summed E-state index contributed by atoms with van der Waals surface area (Å²) in [6, 6.07) is 2.26. The minimum absolute atomic E-state index is 0.0283. The Hall–Kier alpha value is -1.42. The number of nitriles is 1. The van der Waals surface area contributed by atoms with Crippen molar-refractivity contribution in [2.45, 2.75) is 32.1 Å². The third-order valence-corrected chi connectivity index (χ3v) is 4.89. The summed E-state index contributed by atoms with van der Waals surface area (Å²) >= 11 is 1.55.